The number of furan rings is 1. The number of aromatic nitrogens is 3. The smallest absolute Gasteiger partial charge is 0.165 e. The van der Waals surface area contributed by atoms with E-state index in [1.807, 2.05) is 30.3 Å². The first kappa shape index (κ1) is 19.5. The van der Waals surface area contributed by atoms with Gasteiger partial charge in [0, 0.05) is 32.5 Å². The molecule has 174 valence electrons. The zero-order chi connectivity index (χ0) is 24.3. The van der Waals surface area contributed by atoms with E-state index < -0.39 is 0 Å². The first-order valence-electron chi connectivity index (χ1n) is 12.7. The van der Waals surface area contributed by atoms with Crippen molar-refractivity contribution >= 4 is 66.4 Å². The van der Waals surface area contributed by atoms with Crippen LogP contribution in [0.2, 0.25) is 0 Å². The molecule has 4 heterocycles. The number of fused-ring (bicyclic) bond motifs is 10. The maximum atomic E-state index is 6.17. The molecule has 0 fully saturated rings. The van der Waals surface area contributed by atoms with Gasteiger partial charge >= 0.3 is 0 Å². The summed E-state index contributed by atoms with van der Waals surface area (Å²) in [7, 11) is 0. The van der Waals surface area contributed by atoms with Gasteiger partial charge in [0.15, 0.2) is 5.65 Å². The lowest BCUT2D eigenvalue weighted by Gasteiger charge is -2.30. The van der Waals surface area contributed by atoms with Crippen molar-refractivity contribution in [2.24, 2.45) is 0 Å². The van der Waals surface area contributed by atoms with Gasteiger partial charge in [0.1, 0.15) is 16.9 Å². The van der Waals surface area contributed by atoms with Gasteiger partial charge in [-0.3, -0.25) is 4.40 Å². The largest absolute Gasteiger partial charge is 0.456 e. The molecule has 1 aliphatic rings. The Bertz CT molecular complexity index is 2250. The number of allylic oxidation sites excluding steroid dienone is 1. The van der Waals surface area contributed by atoms with Crippen LogP contribution in [-0.2, 0) is 11.8 Å². The summed E-state index contributed by atoms with van der Waals surface area (Å²) < 4.78 is 8.50. The fraction of sp³-hybridized carbons (Fsp3) is 0.0909. The Labute approximate surface area is 211 Å². The number of para-hydroxylation sites is 4. The van der Waals surface area contributed by atoms with Crippen molar-refractivity contribution < 1.29 is 4.42 Å². The molecular formula is C33H21N3O. The molecule has 0 spiro atoms. The SMILES string of the molecule is CC1(c2cccc3c2c2cccc4c5nc6ccccc6nc5n3c42)C=Cc2oc3ccccc3c2C1. The van der Waals surface area contributed by atoms with E-state index in [-0.39, 0.29) is 5.41 Å². The van der Waals surface area contributed by atoms with Crippen LogP contribution in [0.25, 0.3) is 66.4 Å². The predicted octanol–water partition coefficient (Wildman–Crippen LogP) is 8.05. The minimum absolute atomic E-state index is 0.175. The van der Waals surface area contributed by atoms with E-state index in [0.29, 0.717) is 0 Å². The van der Waals surface area contributed by atoms with Gasteiger partial charge in [-0.15, -0.1) is 0 Å². The Morgan fingerprint density at radius 1 is 0.784 bits per heavy atom. The van der Waals surface area contributed by atoms with Crippen molar-refractivity contribution in [2.75, 3.05) is 0 Å². The lowest BCUT2D eigenvalue weighted by molar-refractivity contribution is 0.553. The fourth-order valence-electron chi connectivity index (χ4n) is 6.64. The second-order valence-corrected chi connectivity index (χ2v) is 10.5. The first-order valence-corrected chi connectivity index (χ1v) is 12.7. The molecule has 1 aliphatic carbocycles. The van der Waals surface area contributed by atoms with Crippen LogP contribution < -0.4 is 0 Å². The van der Waals surface area contributed by atoms with Gasteiger partial charge in [0.25, 0.3) is 0 Å². The maximum Gasteiger partial charge on any atom is 0.165 e. The van der Waals surface area contributed by atoms with Crippen LogP contribution in [0.4, 0.5) is 0 Å². The molecule has 0 aliphatic heterocycles. The summed E-state index contributed by atoms with van der Waals surface area (Å²) in [5, 5.41) is 4.91. The van der Waals surface area contributed by atoms with Crippen LogP contribution in [0.3, 0.4) is 0 Å². The normalized spacial score (nSPS) is 17.8. The van der Waals surface area contributed by atoms with E-state index in [9.17, 15) is 0 Å². The fourth-order valence-corrected chi connectivity index (χ4v) is 6.64. The third-order valence-corrected chi connectivity index (χ3v) is 8.32. The van der Waals surface area contributed by atoms with Crippen LogP contribution in [0.1, 0.15) is 23.8 Å². The maximum absolute atomic E-state index is 6.17. The lowest BCUT2D eigenvalue weighted by atomic mass is 9.72. The molecule has 37 heavy (non-hydrogen) atoms. The molecular weight excluding hydrogens is 454 g/mol. The summed E-state index contributed by atoms with van der Waals surface area (Å²) in [6.07, 6.45) is 5.38. The topological polar surface area (TPSA) is 43.3 Å². The molecule has 1 unspecified atom stereocenters. The van der Waals surface area contributed by atoms with Gasteiger partial charge in [0.2, 0.25) is 0 Å². The van der Waals surface area contributed by atoms with E-state index >= 15 is 0 Å². The average Bonchev–Trinajstić information content (AvgIpc) is 3.58. The molecule has 4 aromatic heterocycles. The molecule has 4 heteroatoms. The second-order valence-electron chi connectivity index (χ2n) is 10.5. The Kier molecular flexibility index (Phi) is 3.44. The van der Waals surface area contributed by atoms with Crippen molar-refractivity contribution in [3.8, 4) is 0 Å². The Hall–Kier alpha value is -4.70. The van der Waals surface area contributed by atoms with Crippen molar-refractivity contribution in [3.63, 3.8) is 0 Å². The molecule has 4 nitrogen and oxygen atoms in total. The first-order chi connectivity index (χ1) is 18.2. The van der Waals surface area contributed by atoms with Gasteiger partial charge in [-0.1, -0.05) is 73.7 Å². The van der Waals surface area contributed by atoms with Crippen molar-refractivity contribution in [3.05, 3.63) is 108 Å². The second kappa shape index (κ2) is 6.54. The summed E-state index contributed by atoms with van der Waals surface area (Å²) in [5.74, 6) is 0.979. The van der Waals surface area contributed by atoms with Gasteiger partial charge in [-0.25, -0.2) is 9.97 Å². The predicted molar refractivity (Wildman–Crippen MR) is 151 cm³/mol. The molecule has 1 atom stereocenters. The quantitative estimate of drug-likeness (QED) is 0.241. The Balaban J connectivity index is 1.37. The molecule has 4 aromatic carbocycles. The Morgan fingerprint density at radius 2 is 1.54 bits per heavy atom. The van der Waals surface area contributed by atoms with E-state index in [1.165, 1.54) is 38.3 Å². The summed E-state index contributed by atoms with van der Waals surface area (Å²) in [4.78, 5) is 10.2. The van der Waals surface area contributed by atoms with Gasteiger partial charge in [-0.05, 0) is 42.3 Å². The van der Waals surface area contributed by atoms with Crippen LogP contribution in [0, 0.1) is 0 Å². The average molecular weight is 476 g/mol. The van der Waals surface area contributed by atoms with E-state index in [2.05, 4.69) is 78.1 Å². The minimum atomic E-state index is -0.175. The highest BCUT2D eigenvalue weighted by Crippen LogP contribution is 2.46. The number of benzene rings is 4. The van der Waals surface area contributed by atoms with Crippen molar-refractivity contribution in [1.29, 1.82) is 0 Å². The minimum Gasteiger partial charge on any atom is -0.456 e. The molecule has 0 amide bonds. The Morgan fingerprint density at radius 3 is 2.46 bits per heavy atom. The van der Waals surface area contributed by atoms with E-state index in [0.717, 1.165) is 45.3 Å². The van der Waals surface area contributed by atoms with Crippen LogP contribution >= 0.6 is 0 Å². The summed E-state index contributed by atoms with van der Waals surface area (Å²) >= 11 is 0. The van der Waals surface area contributed by atoms with Crippen molar-refractivity contribution in [2.45, 2.75) is 18.8 Å². The third-order valence-electron chi connectivity index (χ3n) is 8.32. The van der Waals surface area contributed by atoms with Gasteiger partial charge in [-0.2, -0.15) is 0 Å². The molecule has 0 saturated carbocycles. The monoisotopic (exact) mass is 475 g/mol. The number of hydrogen-bond acceptors (Lipinski definition) is 3. The van der Waals surface area contributed by atoms with Gasteiger partial charge < -0.3 is 4.42 Å². The molecule has 0 radical (unpaired) electrons. The third kappa shape index (κ3) is 2.38. The molecule has 0 bridgehead atoms. The number of hydrogen-bond donors (Lipinski definition) is 0. The zero-order valence-electron chi connectivity index (χ0n) is 20.2. The molecule has 0 N–H and O–H groups in total. The molecule has 9 rings (SSSR count). The van der Waals surface area contributed by atoms with E-state index in [4.69, 9.17) is 14.4 Å². The highest BCUT2D eigenvalue weighted by molar-refractivity contribution is 6.23. The zero-order valence-corrected chi connectivity index (χ0v) is 20.2. The van der Waals surface area contributed by atoms with Crippen LogP contribution in [-0.4, -0.2) is 14.4 Å². The van der Waals surface area contributed by atoms with Crippen LogP contribution in [0.15, 0.2) is 95.4 Å². The highest BCUT2D eigenvalue weighted by Gasteiger charge is 2.34. The standard InChI is InChI=1S/C33H21N3O/c1-33(17-16-28-22(18-33)19-8-2-5-15-27(19)37-28)23-11-7-14-26-29(23)20-9-6-10-21-30-32(36(26)31(20)21)35-25-13-4-3-12-24(25)34-30/h2-17H,18H2,1H3. The van der Waals surface area contributed by atoms with E-state index in [1.54, 1.807) is 0 Å². The summed E-state index contributed by atoms with van der Waals surface area (Å²) in [5.41, 5.74) is 9.51. The van der Waals surface area contributed by atoms with Crippen LogP contribution in [0.5, 0.6) is 0 Å². The lowest BCUT2D eigenvalue weighted by Crippen LogP contribution is -2.25. The number of rotatable bonds is 1. The highest BCUT2D eigenvalue weighted by atomic mass is 16.3. The number of nitrogens with zero attached hydrogens (tertiary/aromatic N) is 3. The summed E-state index contributed by atoms with van der Waals surface area (Å²) in [6, 6.07) is 29.8. The molecule has 0 saturated heterocycles. The summed E-state index contributed by atoms with van der Waals surface area (Å²) in [6.45, 7) is 2.35. The van der Waals surface area contributed by atoms with Crippen molar-refractivity contribution in [1.82, 2.24) is 14.4 Å². The van der Waals surface area contributed by atoms with Gasteiger partial charge in [0.05, 0.1) is 22.1 Å². The molecule has 8 aromatic rings.